The highest BCUT2D eigenvalue weighted by Crippen LogP contribution is 2.39. The molecular weight excluding hydrogens is 368 g/mol. The third-order valence-corrected chi connectivity index (χ3v) is 4.74. The van der Waals surface area contributed by atoms with E-state index in [-0.39, 0.29) is 11.4 Å². The lowest BCUT2D eigenvalue weighted by molar-refractivity contribution is -0.385. The van der Waals surface area contributed by atoms with Crippen molar-refractivity contribution in [3.63, 3.8) is 0 Å². The minimum atomic E-state index is -0.697. The van der Waals surface area contributed by atoms with E-state index in [2.05, 4.69) is 15.3 Å². The van der Waals surface area contributed by atoms with Crippen molar-refractivity contribution in [3.05, 3.63) is 99.9 Å². The lowest BCUT2D eigenvalue weighted by Crippen LogP contribution is -2.15. The van der Waals surface area contributed by atoms with E-state index in [1.165, 1.54) is 6.07 Å². The summed E-state index contributed by atoms with van der Waals surface area (Å²) in [4.78, 5) is 19.8. The van der Waals surface area contributed by atoms with Gasteiger partial charge in [0.1, 0.15) is 17.1 Å². The van der Waals surface area contributed by atoms with Crippen molar-refractivity contribution in [1.29, 1.82) is 0 Å². The molecule has 0 saturated carbocycles. The number of anilines is 1. The summed E-state index contributed by atoms with van der Waals surface area (Å²) in [6, 6.07) is 16.7. The molecule has 4 aromatic rings. The van der Waals surface area contributed by atoms with Crippen LogP contribution in [0.3, 0.4) is 0 Å². The van der Waals surface area contributed by atoms with Crippen molar-refractivity contribution in [2.75, 3.05) is 5.32 Å². The molecule has 1 atom stereocenters. The van der Waals surface area contributed by atoms with Gasteiger partial charge in [0.15, 0.2) is 0 Å². The minimum absolute atomic E-state index is 0.0218. The molecule has 2 aromatic heterocycles. The summed E-state index contributed by atoms with van der Waals surface area (Å²) in [6.45, 7) is 1.93. The number of nitrogens with zero attached hydrogens (tertiary/aromatic N) is 3. The zero-order chi connectivity index (χ0) is 20.4. The highest BCUT2D eigenvalue weighted by atomic mass is 16.6. The molecule has 7 nitrogen and oxygen atoms in total. The van der Waals surface area contributed by atoms with E-state index in [4.69, 9.17) is 0 Å². The number of pyridine rings is 2. The number of phenolic OH excluding ortho intramolecular Hbond substituents is 1. The first-order valence-electron chi connectivity index (χ1n) is 9.03. The molecular formula is C22H18N4O3. The molecule has 2 heterocycles. The molecule has 0 fully saturated rings. The van der Waals surface area contributed by atoms with Crippen molar-refractivity contribution < 1.29 is 10.0 Å². The predicted molar refractivity (Wildman–Crippen MR) is 111 cm³/mol. The van der Waals surface area contributed by atoms with E-state index in [0.29, 0.717) is 22.5 Å². The fraction of sp³-hybridized carbons (Fsp3) is 0.0909. The Labute approximate surface area is 166 Å². The molecule has 0 aliphatic carbocycles. The average molecular weight is 386 g/mol. The predicted octanol–water partition coefficient (Wildman–Crippen LogP) is 4.75. The van der Waals surface area contributed by atoms with E-state index in [1.807, 2.05) is 31.2 Å². The Balaban J connectivity index is 1.92. The van der Waals surface area contributed by atoms with Crippen LogP contribution in [0, 0.1) is 17.0 Å². The number of rotatable bonds is 5. The maximum absolute atomic E-state index is 11.6. The number of nitro groups is 1. The number of aromatic hydroxyl groups is 1. The summed E-state index contributed by atoms with van der Waals surface area (Å²) >= 11 is 0. The van der Waals surface area contributed by atoms with Crippen LogP contribution in [-0.4, -0.2) is 20.0 Å². The smallest absolute Gasteiger partial charge is 0.275 e. The Morgan fingerprint density at radius 1 is 1.00 bits per heavy atom. The molecule has 0 saturated heterocycles. The number of aromatic nitrogens is 2. The number of nitrogens with one attached hydrogen (secondary N) is 1. The normalized spacial score (nSPS) is 11.9. The van der Waals surface area contributed by atoms with Crippen LogP contribution in [0.25, 0.3) is 10.9 Å². The van der Waals surface area contributed by atoms with Crippen LogP contribution in [0.5, 0.6) is 5.75 Å². The summed E-state index contributed by atoms with van der Waals surface area (Å²) in [5, 5.41) is 26.6. The molecule has 0 spiro atoms. The third kappa shape index (κ3) is 3.58. The van der Waals surface area contributed by atoms with Gasteiger partial charge < -0.3 is 10.4 Å². The number of para-hydroxylation sites is 1. The van der Waals surface area contributed by atoms with Gasteiger partial charge in [-0.25, -0.2) is 4.98 Å². The summed E-state index contributed by atoms with van der Waals surface area (Å²) < 4.78 is 0. The van der Waals surface area contributed by atoms with Gasteiger partial charge in [-0.3, -0.25) is 15.1 Å². The molecule has 0 aliphatic rings. The van der Waals surface area contributed by atoms with Crippen LogP contribution < -0.4 is 5.32 Å². The molecule has 7 heteroatoms. The molecule has 4 rings (SSSR count). The van der Waals surface area contributed by atoms with E-state index in [9.17, 15) is 15.2 Å². The molecule has 29 heavy (non-hydrogen) atoms. The maximum Gasteiger partial charge on any atom is 0.275 e. The summed E-state index contributed by atoms with van der Waals surface area (Å²) in [6.07, 6.45) is 3.26. The molecule has 0 unspecified atom stereocenters. The lowest BCUT2D eigenvalue weighted by atomic mass is 9.95. The Morgan fingerprint density at radius 2 is 1.83 bits per heavy atom. The summed E-state index contributed by atoms with van der Waals surface area (Å²) in [5.74, 6) is 0.528. The topological polar surface area (TPSA) is 101 Å². The van der Waals surface area contributed by atoms with Crippen LogP contribution >= 0.6 is 0 Å². The van der Waals surface area contributed by atoms with Crippen LogP contribution in [-0.2, 0) is 0 Å². The first-order chi connectivity index (χ1) is 14.0. The molecule has 0 radical (unpaired) electrons. The second kappa shape index (κ2) is 7.55. The fourth-order valence-corrected chi connectivity index (χ4v) is 3.36. The lowest BCUT2D eigenvalue weighted by Gasteiger charge is -2.22. The zero-order valence-electron chi connectivity index (χ0n) is 15.6. The van der Waals surface area contributed by atoms with Crippen molar-refractivity contribution in [2.24, 2.45) is 0 Å². The summed E-state index contributed by atoms with van der Waals surface area (Å²) in [7, 11) is 0. The Morgan fingerprint density at radius 3 is 2.62 bits per heavy atom. The number of phenols is 1. The molecule has 0 amide bonds. The minimum Gasteiger partial charge on any atom is -0.505 e. The largest absolute Gasteiger partial charge is 0.505 e. The Hall–Kier alpha value is -4.00. The number of hydrogen-bond acceptors (Lipinski definition) is 6. The average Bonchev–Trinajstić information content (AvgIpc) is 2.73. The number of fused-ring (bicyclic) bond motifs is 1. The Bertz CT molecular complexity index is 1210. The van der Waals surface area contributed by atoms with E-state index in [0.717, 1.165) is 10.9 Å². The number of aryl methyl sites for hydroxylation is 1. The highest BCUT2D eigenvalue weighted by Gasteiger charge is 2.26. The van der Waals surface area contributed by atoms with Crippen molar-refractivity contribution in [1.82, 2.24) is 9.97 Å². The van der Waals surface area contributed by atoms with Gasteiger partial charge in [0.25, 0.3) is 5.69 Å². The first kappa shape index (κ1) is 18.4. The number of benzene rings is 2. The van der Waals surface area contributed by atoms with Gasteiger partial charge in [0.05, 0.1) is 16.5 Å². The Kier molecular flexibility index (Phi) is 4.78. The molecule has 2 aromatic carbocycles. The monoisotopic (exact) mass is 386 g/mol. The standard InChI is InChI=1S/C22H18N4O3/c1-14-10-12-23-19(13-14)25-21(16-6-2-3-7-18(16)26(28)29)17-9-8-15-5-4-11-24-20(15)22(17)27/h2-13,21,27H,1H3,(H,23,25)/t21-/m1/s1. The van der Waals surface area contributed by atoms with Crippen molar-refractivity contribution >= 4 is 22.4 Å². The summed E-state index contributed by atoms with van der Waals surface area (Å²) in [5.41, 5.74) is 2.29. The molecule has 2 N–H and O–H groups in total. The van der Waals surface area contributed by atoms with Crippen LogP contribution in [0.15, 0.2) is 73.1 Å². The van der Waals surface area contributed by atoms with Gasteiger partial charge in [-0.05, 0) is 36.8 Å². The first-order valence-corrected chi connectivity index (χ1v) is 9.03. The maximum atomic E-state index is 11.6. The number of hydrogen-bond donors (Lipinski definition) is 2. The van der Waals surface area contributed by atoms with Crippen molar-refractivity contribution in [2.45, 2.75) is 13.0 Å². The second-order valence-electron chi connectivity index (χ2n) is 6.69. The van der Waals surface area contributed by atoms with Gasteiger partial charge in [0.2, 0.25) is 0 Å². The fourth-order valence-electron chi connectivity index (χ4n) is 3.36. The highest BCUT2D eigenvalue weighted by molar-refractivity contribution is 5.86. The van der Waals surface area contributed by atoms with Crippen LogP contribution in [0.4, 0.5) is 11.5 Å². The second-order valence-corrected chi connectivity index (χ2v) is 6.69. The van der Waals surface area contributed by atoms with E-state index in [1.54, 1.807) is 42.7 Å². The van der Waals surface area contributed by atoms with Gasteiger partial charge in [-0.1, -0.05) is 30.3 Å². The van der Waals surface area contributed by atoms with Crippen LogP contribution in [0.2, 0.25) is 0 Å². The van der Waals surface area contributed by atoms with Gasteiger partial charge in [-0.2, -0.15) is 0 Å². The molecule has 0 bridgehead atoms. The zero-order valence-corrected chi connectivity index (χ0v) is 15.6. The quantitative estimate of drug-likeness (QED) is 0.379. The molecule has 144 valence electrons. The van der Waals surface area contributed by atoms with Crippen molar-refractivity contribution in [3.8, 4) is 5.75 Å². The SMILES string of the molecule is Cc1ccnc(N[C@H](c2ccccc2[N+](=O)[O-])c2ccc3cccnc3c2O)c1. The molecule has 0 aliphatic heterocycles. The van der Waals surface area contributed by atoms with Gasteiger partial charge >= 0.3 is 0 Å². The van der Waals surface area contributed by atoms with Gasteiger partial charge in [0, 0.05) is 29.4 Å². The van der Waals surface area contributed by atoms with Gasteiger partial charge in [-0.15, -0.1) is 0 Å². The van der Waals surface area contributed by atoms with Crippen LogP contribution in [0.1, 0.15) is 22.7 Å². The van der Waals surface area contributed by atoms with E-state index >= 15 is 0 Å². The third-order valence-electron chi connectivity index (χ3n) is 4.74. The number of nitro benzene ring substituents is 1. The van der Waals surface area contributed by atoms with E-state index < -0.39 is 11.0 Å².